The lowest BCUT2D eigenvalue weighted by Crippen LogP contribution is -2.51. The Morgan fingerprint density at radius 2 is 1.64 bits per heavy atom. The van der Waals surface area contributed by atoms with Crippen LogP contribution in [0.15, 0.2) is 30.3 Å². The lowest BCUT2D eigenvalue weighted by atomic mass is 10.1. The summed E-state index contributed by atoms with van der Waals surface area (Å²) in [5.74, 6) is 0.0465. The second kappa shape index (κ2) is 12.5. The van der Waals surface area contributed by atoms with Crippen LogP contribution in [-0.2, 0) is 16.1 Å². The van der Waals surface area contributed by atoms with Gasteiger partial charge in [-0.3, -0.25) is 9.59 Å². The van der Waals surface area contributed by atoms with Gasteiger partial charge in [0.25, 0.3) is 5.91 Å². The topological polar surface area (TPSA) is 58.6 Å². The Balaban J connectivity index is 2.28. The zero-order valence-corrected chi connectivity index (χ0v) is 21.9. The zero-order chi connectivity index (χ0) is 24.7. The van der Waals surface area contributed by atoms with Crippen molar-refractivity contribution in [3.63, 3.8) is 0 Å². The number of hydrogen-bond acceptors (Lipinski definition) is 3. The van der Waals surface area contributed by atoms with E-state index in [4.69, 9.17) is 39.5 Å². The van der Waals surface area contributed by atoms with Gasteiger partial charge in [-0.15, -0.1) is 0 Å². The molecule has 0 saturated heterocycles. The first-order valence-corrected chi connectivity index (χ1v) is 12.1. The van der Waals surface area contributed by atoms with Gasteiger partial charge in [-0.1, -0.05) is 54.7 Å². The monoisotopic (exact) mass is 512 g/mol. The van der Waals surface area contributed by atoms with Crippen molar-refractivity contribution in [2.75, 3.05) is 6.61 Å². The first-order valence-electron chi connectivity index (χ1n) is 11.0. The molecule has 0 fully saturated rings. The van der Waals surface area contributed by atoms with Crippen molar-refractivity contribution >= 4 is 46.6 Å². The van der Waals surface area contributed by atoms with E-state index in [9.17, 15) is 9.59 Å². The summed E-state index contributed by atoms with van der Waals surface area (Å²) in [6.45, 7) is 9.56. The molecule has 0 aromatic heterocycles. The summed E-state index contributed by atoms with van der Waals surface area (Å²) in [5, 5.41) is 4.47. The van der Waals surface area contributed by atoms with E-state index in [-0.39, 0.29) is 31.0 Å². The second-order valence-corrected chi connectivity index (χ2v) is 9.36. The summed E-state index contributed by atoms with van der Waals surface area (Å²) in [6, 6.07) is 8.11. The van der Waals surface area contributed by atoms with E-state index in [1.165, 1.54) is 4.90 Å². The molecular formula is C25H31Cl3N2O3. The summed E-state index contributed by atoms with van der Waals surface area (Å²) < 4.78 is 5.79. The van der Waals surface area contributed by atoms with E-state index < -0.39 is 6.04 Å². The summed E-state index contributed by atoms with van der Waals surface area (Å²) in [5.41, 5.74) is 2.50. The largest absolute Gasteiger partial charge is 0.484 e. The molecule has 8 heteroatoms. The van der Waals surface area contributed by atoms with E-state index in [1.807, 2.05) is 34.6 Å². The molecule has 0 radical (unpaired) electrons. The van der Waals surface area contributed by atoms with Crippen LogP contribution < -0.4 is 10.1 Å². The minimum absolute atomic E-state index is 0.00439. The van der Waals surface area contributed by atoms with E-state index in [2.05, 4.69) is 5.32 Å². The van der Waals surface area contributed by atoms with E-state index in [1.54, 1.807) is 30.3 Å². The number of hydrogen-bond donors (Lipinski definition) is 1. The molecule has 0 aliphatic heterocycles. The van der Waals surface area contributed by atoms with Gasteiger partial charge in [0.2, 0.25) is 5.91 Å². The van der Waals surface area contributed by atoms with Crippen LogP contribution in [0.2, 0.25) is 15.1 Å². The standard InChI is InChI=1S/C25H31Cl3N2O3/c1-6-17(5)29-25(32)22(7-2)30(13-18-8-9-20(26)21(27)12-18)23(31)14-33-19-10-15(3)24(28)16(4)11-19/h8-12,17,22H,6-7,13-14H2,1-5H3,(H,29,32)/t17-,22-/m1/s1. The van der Waals surface area contributed by atoms with Crippen molar-refractivity contribution in [3.8, 4) is 5.75 Å². The fourth-order valence-electron chi connectivity index (χ4n) is 3.41. The third-order valence-electron chi connectivity index (χ3n) is 5.50. The molecule has 180 valence electrons. The van der Waals surface area contributed by atoms with E-state index in [0.717, 1.165) is 23.1 Å². The summed E-state index contributed by atoms with van der Waals surface area (Å²) in [6.07, 6.45) is 1.25. The Morgan fingerprint density at radius 3 is 2.18 bits per heavy atom. The number of amides is 2. The Labute approximate surface area is 211 Å². The highest BCUT2D eigenvalue weighted by atomic mass is 35.5. The predicted octanol–water partition coefficient (Wildman–Crippen LogP) is 6.36. The van der Waals surface area contributed by atoms with Gasteiger partial charge in [0.05, 0.1) is 10.0 Å². The van der Waals surface area contributed by atoms with Crippen molar-refractivity contribution in [1.82, 2.24) is 10.2 Å². The molecule has 0 spiro atoms. The molecule has 5 nitrogen and oxygen atoms in total. The zero-order valence-electron chi connectivity index (χ0n) is 19.7. The fourth-order valence-corrected chi connectivity index (χ4v) is 3.84. The van der Waals surface area contributed by atoms with Crippen LogP contribution in [0.25, 0.3) is 0 Å². The number of benzene rings is 2. The van der Waals surface area contributed by atoms with Crippen molar-refractivity contribution in [2.45, 2.75) is 66.1 Å². The molecule has 33 heavy (non-hydrogen) atoms. The van der Waals surface area contributed by atoms with Crippen LogP contribution in [0.5, 0.6) is 5.75 Å². The van der Waals surface area contributed by atoms with E-state index in [0.29, 0.717) is 27.2 Å². The first kappa shape index (κ1) is 27.3. The Kier molecular flexibility index (Phi) is 10.3. The smallest absolute Gasteiger partial charge is 0.261 e. The molecule has 0 aliphatic rings. The van der Waals surface area contributed by atoms with Gasteiger partial charge in [0.1, 0.15) is 11.8 Å². The molecule has 0 heterocycles. The van der Waals surface area contributed by atoms with Crippen LogP contribution in [0, 0.1) is 13.8 Å². The molecule has 2 aromatic carbocycles. The van der Waals surface area contributed by atoms with E-state index >= 15 is 0 Å². The molecule has 0 bridgehead atoms. The molecule has 0 saturated carbocycles. The van der Waals surface area contributed by atoms with Crippen LogP contribution in [0.3, 0.4) is 0 Å². The molecule has 1 N–H and O–H groups in total. The van der Waals surface area contributed by atoms with Crippen molar-refractivity contribution < 1.29 is 14.3 Å². The maximum atomic E-state index is 13.3. The van der Waals surface area contributed by atoms with Gasteiger partial charge in [-0.05, 0) is 74.6 Å². The highest BCUT2D eigenvalue weighted by molar-refractivity contribution is 6.42. The fraction of sp³-hybridized carbons (Fsp3) is 0.440. The molecule has 0 aliphatic carbocycles. The lowest BCUT2D eigenvalue weighted by molar-refractivity contribution is -0.143. The Morgan fingerprint density at radius 1 is 1.00 bits per heavy atom. The summed E-state index contributed by atoms with van der Waals surface area (Å²) in [4.78, 5) is 27.8. The number of carbonyl (C=O) groups is 2. The van der Waals surface area contributed by atoms with Crippen molar-refractivity contribution in [3.05, 3.63) is 62.1 Å². The van der Waals surface area contributed by atoms with Crippen LogP contribution in [0.1, 0.15) is 50.3 Å². The third-order valence-corrected chi connectivity index (χ3v) is 6.83. The number of aryl methyl sites for hydroxylation is 2. The molecule has 0 unspecified atom stereocenters. The van der Waals surface area contributed by atoms with Gasteiger partial charge in [-0.2, -0.15) is 0 Å². The van der Waals surface area contributed by atoms with Gasteiger partial charge >= 0.3 is 0 Å². The maximum absolute atomic E-state index is 13.3. The van der Waals surface area contributed by atoms with Gasteiger partial charge in [-0.25, -0.2) is 0 Å². The van der Waals surface area contributed by atoms with Crippen molar-refractivity contribution in [1.29, 1.82) is 0 Å². The highest BCUT2D eigenvalue weighted by Gasteiger charge is 2.29. The van der Waals surface area contributed by atoms with Gasteiger partial charge < -0.3 is 15.0 Å². The average molecular weight is 514 g/mol. The predicted molar refractivity (Wildman–Crippen MR) is 135 cm³/mol. The molecule has 2 amide bonds. The number of ether oxygens (including phenoxy) is 1. The number of nitrogens with zero attached hydrogens (tertiary/aromatic N) is 1. The van der Waals surface area contributed by atoms with Crippen LogP contribution >= 0.6 is 34.8 Å². The lowest BCUT2D eigenvalue weighted by Gasteiger charge is -2.31. The summed E-state index contributed by atoms with van der Waals surface area (Å²) >= 11 is 18.4. The normalized spacial score (nSPS) is 12.7. The van der Waals surface area contributed by atoms with Crippen LogP contribution in [0.4, 0.5) is 0 Å². The number of rotatable bonds is 10. The third kappa shape index (κ3) is 7.53. The maximum Gasteiger partial charge on any atom is 0.261 e. The van der Waals surface area contributed by atoms with Gasteiger partial charge in [0.15, 0.2) is 6.61 Å². The minimum atomic E-state index is -0.654. The average Bonchev–Trinajstić information content (AvgIpc) is 2.77. The number of halogens is 3. The van der Waals surface area contributed by atoms with Crippen molar-refractivity contribution in [2.24, 2.45) is 0 Å². The molecule has 2 atom stereocenters. The molecule has 2 aromatic rings. The summed E-state index contributed by atoms with van der Waals surface area (Å²) in [7, 11) is 0. The second-order valence-electron chi connectivity index (χ2n) is 8.17. The van der Waals surface area contributed by atoms with Gasteiger partial charge in [0, 0.05) is 17.6 Å². The number of nitrogens with one attached hydrogen (secondary N) is 1. The Hall–Kier alpha value is -1.95. The van der Waals surface area contributed by atoms with Crippen LogP contribution in [-0.4, -0.2) is 35.4 Å². The Bertz CT molecular complexity index is 974. The quantitative estimate of drug-likeness (QED) is 0.402. The molecule has 2 rings (SSSR count). The minimum Gasteiger partial charge on any atom is -0.484 e. The SMILES string of the molecule is CC[C@@H](C)NC(=O)[C@@H](CC)N(Cc1ccc(Cl)c(Cl)c1)C(=O)COc1cc(C)c(Cl)c(C)c1. The highest BCUT2D eigenvalue weighted by Crippen LogP contribution is 2.27. The molecular weight excluding hydrogens is 483 g/mol. The number of carbonyl (C=O) groups excluding carboxylic acids is 2. The first-order chi connectivity index (χ1) is 15.6.